The van der Waals surface area contributed by atoms with Crippen molar-refractivity contribution in [3.8, 4) is 5.75 Å². The minimum atomic E-state index is 0.0513. The highest BCUT2D eigenvalue weighted by atomic mass is 16.5. The number of likely N-dealkylation sites (N-methyl/N-ethyl adjacent to an activating group) is 1. The lowest BCUT2D eigenvalue weighted by atomic mass is 9.64. The van der Waals surface area contributed by atoms with E-state index in [-0.39, 0.29) is 45.7 Å². The fraction of sp³-hybridized carbons (Fsp3) is 0.774. The number of aromatic nitrogens is 10. The lowest BCUT2D eigenvalue weighted by Gasteiger charge is -2.41. The topological polar surface area (TPSA) is 269 Å². The molecule has 25 heteroatoms. The number of amides is 3. The van der Waals surface area contributed by atoms with Crippen LogP contribution in [0.2, 0.25) is 0 Å². The van der Waals surface area contributed by atoms with E-state index >= 15 is 0 Å². The Morgan fingerprint density at radius 3 is 1.18 bits per heavy atom. The summed E-state index contributed by atoms with van der Waals surface area (Å²) in [7, 11) is 14.8. The first-order valence-electron chi connectivity index (χ1n) is 55.6. The Morgan fingerprint density at radius 1 is 0.443 bits per heavy atom. The van der Waals surface area contributed by atoms with Crippen molar-refractivity contribution in [2.24, 2.45) is 46.3 Å². The summed E-state index contributed by atoms with van der Waals surface area (Å²) < 4.78 is 17.6. The van der Waals surface area contributed by atoms with Crippen LogP contribution >= 0.6 is 0 Å². The third kappa shape index (κ3) is 38.9. The molecule has 5 saturated carbocycles. The smallest absolute Gasteiger partial charge is 0.223 e. The minimum absolute atomic E-state index is 0.0513. The third-order valence-electron chi connectivity index (χ3n) is 31.6. The van der Waals surface area contributed by atoms with E-state index in [1.54, 1.807) is 7.11 Å². The first-order chi connectivity index (χ1) is 66.9. The highest BCUT2D eigenvalue weighted by Crippen LogP contribution is 2.52. The molecule has 3 amide bonds. The van der Waals surface area contributed by atoms with E-state index in [0.717, 1.165) is 168 Å². The van der Waals surface area contributed by atoms with Gasteiger partial charge in [0.15, 0.2) is 0 Å². The van der Waals surface area contributed by atoms with Gasteiger partial charge in [0.05, 0.1) is 55.3 Å². The molecule has 6 aliphatic rings. The number of carbonyl (C=O) groups excluding carboxylic acids is 3. The molecule has 4 atom stereocenters. The molecule has 140 heavy (non-hydrogen) atoms. The molecule has 6 fully saturated rings. The number of H-pyrrole nitrogens is 5. The standard InChI is InChI=1S/C26H40N4O.C24H44N4O2.C23H42N4O.C22H40N4O.C20H35N3O/c1-5-6-16-29(3)20-24-19-27-28-26(24)23-14-12-22(13-15-23)21(2)30(4)17-18-31-25-10-8-7-9-11-25;1-6-7-14-27(4)18-21-17-25-26-24(21)20-9-11-22(12-10-20)28(15-16-30-5)23(29)13-8-19(2)3;1-7-8-13-27(6)16-19-15-25-26-21(19)18-9-11-23(4,5)20(14-18)22(28)24-12-10-17(2)3;1-7-8-11-26(6)15-18-14-24-25-20(18)17-9-10-22(4,5)19(12-17)21(27)23-13-16(2)3;1-5-6-13-23(4)15-17-14-21-22-18(17)16-7-9-20(10-8-16)12-11-19(2,3)24-20/h7-11,19,22-23H,2,5-6,12-18,20H2,1,3-4H3,(H,27,28);17,19-20,22H,6-16,18H2,1-5H3,(H,25,26);15,17-18,20H,7-14,16H2,1-6H3,(H,24,28)(H,25,26);14,16-17,19H,7-13,15H2,1-6H3,(H,23,27)(H,24,25);14,16H,5-13,15H2,1-4H3,(H,21,22)/t;;18?,20-;17?,19-;/m..00./s1. The maximum atomic E-state index is 12.9. The van der Waals surface area contributed by atoms with Gasteiger partial charge in [0.1, 0.15) is 12.4 Å². The van der Waals surface area contributed by atoms with Crippen LogP contribution in [0.5, 0.6) is 5.75 Å². The van der Waals surface area contributed by atoms with Gasteiger partial charge in [-0.3, -0.25) is 39.9 Å². The SMILES string of the molecule is C=C(C1CCC(c2[nH]ncc2CN(C)CCCC)CC1)N(C)CCOc1ccccc1.CCCCN(C)Cc1cn[nH]c1C1CCC(C)(C)[C@H](C(=O)NCC(C)C)C1.CCCCN(C)Cc1cn[nH]c1C1CCC(C)(C)[C@H](C(=O)NCCC(C)C)C1.CCCCN(C)Cc1cn[nH]c1C1CCC(N(CCOC)C(=O)CCC(C)C)CC1.CCCCN(C)Cc1cn[nH]c1C1CCC2(CC1)CCC(C)(C)O2. The predicted molar refractivity (Wildman–Crippen MR) is 577 cm³/mol. The lowest BCUT2D eigenvalue weighted by Crippen LogP contribution is -2.44. The second-order valence-electron chi connectivity index (χ2n) is 46.6. The molecule has 7 N–H and O–H groups in total. The van der Waals surface area contributed by atoms with Crippen LogP contribution in [0.3, 0.4) is 0 Å². The quantitative estimate of drug-likeness (QED) is 0.0187. The van der Waals surface area contributed by atoms with Crippen molar-refractivity contribution in [1.29, 1.82) is 0 Å². The van der Waals surface area contributed by atoms with Gasteiger partial charge in [0, 0.05) is 182 Å². The van der Waals surface area contributed by atoms with E-state index in [4.69, 9.17) is 14.2 Å². The highest BCUT2D eigenvalue weighted by Gasteiger charge is 2.48. The third-order valence-corrected chi connectivity index (χ3v) is 31.6. The number of methoxy groups -OCH3 is 1. The second kappa shape index (κ2) is 60.6. The van der Waals surface area contributed by atoms with E-state index < -0.39 is 0 Å². The molecule has 1 saturated heterocycles. The number of ether oxygens (including phenoxy) is 3. The van der Waals surface area contributed by atoms with Crippen LogP contribution in [-0.2, 0) is 56.6 Å². The van der Waals surface area contributed by atoms with Crippen molar-refractivity contribution >= 4 is 17.7 Å². The molecule has 6 aromatic rings. The Hall–Kier alpha value is -7.26. The normalized spacial score (nSPS) is 21.1. The Morgan fingerprint density at radius 2 is 0.814 bits per heavy atom. The van der Waals surface area contributed by atoms with Crippen LogP contribution in [0.15, 0.2) is 73.6 Å². The largest absolute Gasteiger partial charge is 0.492 e. The van der Waals surface area contributed by atoms with Gasteiger partial charge >= 0.3 is 0 Å². The van der Waals surface area contributed by atoms with E-state index in [0.29, 0.717) is 91.4 Å². The van der Waals surface area contributed by atoms with E-state index in [1.165, 1.54) is 190 Å². The average molecular weight is 1950 g/mol. The zero-order valence-corrected chi connectivity index (χ0v) is 92.9. The molecular weight excluding hydrogens is 1740 g/mol. The van der Waals surface area contributed by atoms with Gasteiger partial charge in [-0.25, -0.2) is 0 Å². The van der Waals surface area contributed by atoms with Gasteiger partial charge in [0.25, 0.3) is 0 Å². The van der Waals surface area contributed by atoms with Gasteiger partial charge in [-0.05, 0) is 302 Å². The van der Waals surface area contributed by atoms with Crippen LogP contribution < -0.4 is 15.4 Å². The number of para-hydroxylation sites is 1. The molecule has 1 aromatic carbocycles. The number of rotatable bonds is 50. The number of nitrogens with one attached hydrogen (secondary N) is 7. The van der Waals surface area contributed by atoms with Crippen LogP contribution in [0, 0.1) is 46.3 Å². The molecule has 5 aromatic heterocycles. The van der Waals surface area contributed by atoms with Crippen LogP contribution in [0.1, 0.15) is 415 Å². The Labute approximate surface area is 850 Å². The number of nitrogens with zero attached hydrogens (tertiary/aromatic N) is 12. The molecule has 792 valence electrons. The molecule has 1 aliphatic heterocycles. The monoisotopic (exact) mass is 1940 g/mol. The maximum absolute atomic E-state index is 12.9. The molecule has 12 rings (SSSR count). The molecule has 6 heterocycles. The van der Waals surface area contributed by atoms with Gasteiger partial charge in [-0.2, -0.15) is 25.5 Å². The van der Waals surface area contributed by atoms with E-state index in [1.807, 2.05) is 61.3 Å². The second-order valence-corrected chi connectivity index (χ2v) is 46.6. The Bertz CT molecular complexity index is 4380. The number of unbranched alkanes of at least 4 members (excludes halogenated alkanes) is 5. The van der Waals surface area contributed by atoms with Gasteiger partial charge in [-0.1, -0.05) is 161 Å². The molecule has 0 radical (unpaired) electrons. The molecule has 5 aliphatic carbocycles. The Balaban J connectivity index is 0.000000215. The van der Waals surface area contributed by atoms with Crippen LogP contribution in [0.4, 0.5) is 0 Å². The van der Waals surface area contributed by atoms with Gasteiger partial charge in [0.2, 0.25) is 17.7 Å². The zero-order valence-electron chi connectivity index (χ0n) is 92.9. The number of benzene rings is 1. The van der Waals surface area contributed by atoms with Gasteiger partial charge in [-0.15, -0.1) is 0 Å². The summed E-state index contributed by atoms with van der Waals surface area (Å²) in [5.41, 5.74) is 14.8. The summed E-state index contributed by atoms with van der Waals surface area (Å²) in [6.45, 7) is 57.0. The van der Waals surface area contributed by atoms with Crippen molar-refractivity contribution < 1.29 is 28.6 Å². The number of allylic oxidation sites excluding steroid dienone is 1. The summed E-state index contributed by atoms with van der Waals surface area (Å²) in [4.78, 5) is 55.0. The van der Waals surface area contributed by atoms with Crippen molar-refractivity contribution in [3.63, 3.8) is 0 Å². The molecule has 0 bridgehead atoms. The van der Waals surface area contributed by atoms with Crippen LogP contribution in [-0.4, -0.2) is 242 Å². The predicted octanol–water partition coefficient (Wildman–Crippen LogP) is 23.7. The number of aromatic amines is 5. The summed E-state index contributed by atoms with van der Waals surface area (Å²) in [6, 6.07) is 10.4. The van der Waals surface area contributed by atoms with Crippen molar-refractivity contribution in [1.82, 2.24) is 95.9 Å². The molecular formula is C115H201N19O6. The average Bonchev–Trinajstić information content (AvgIpc) is 1.58. The van der Waals surface area contributed by atoms with Crippen molar-refractivity contribution in [3.05, 3.63) is 130 Å². The van der Waals surface area contributed by atoms with E-state index in [9.17, 15) is 14.4 Å². The Kier molecular flexibility index (Phi) is 51.1. The molecule has 25 nitrogen and oxygen atoms in total. The first kappa shape index (κ1) is 118. The maximum Gasteiger partial charge on any atom is 0.223 e. The molecule has 2 unspecified atom stereocenters. The summed E-state index contributed by atoms with van der Waals surface area (Å²) in [6.07, 6.45) is 47.7. The summed E-state index contributed by atoms with van der Waals surface area (Å²) in [5, 5.41) is 44.6. The fourth-order valence-corrected chi connectivity index (χ4v) is 22.3. The summed E-state index contributed by atoms with van der Waals surface area (Å²) in [5.74, 6) is 6.55. The van der Waals surface area contributed by atoms with Crippen molar-refractivity contribution in [2.45, 2.75) is 409 Å². The van der Waals surface area contributed by atoms with Crippen LogP contribution in [0.25, 0.3) is 0 Å². The summed E-state index contributed by atoms with van der Waals surface area (Å²) >= 11 is 0. The number of hydrogen-bond donors (Lipinski definition) is 7. The highest BCUT2D eigenvalue weighted by molar-refractivity contribution is 5.80. The van der Waals surface area contributed by atoms with E-state index in [2.05, 4.69) is 262 Å². The van der Waals surface area contributed by atoms with Gasteiger partial charge < -0.3 is 59.1 Å². The minimum Gasteiger partial charge on any atom is -0.492 e. The van der Waals surface area contributed by atoms with Crippen molar-refractivity contribution in [2.75, 3.05) is 122 Å². The first-order valence-corrected chi connectivity index (χ1v) is 55.6. The number of carbonyl (C=O) groups is 3. The lowest BCUT2D eigenvalue weighted by molar-refractivity contribution is -0.135. The molecule has 1 spiro atoms. The fourth-order valence-electron chi connectivity index (χ4n) is 22.3. The number of hydrogen-bond acceptors (Lipinski definition) is 17. The zero-order chi connectivity index (χ0) is 102.